The third kappa shape index (κ3) is 1.98. The summed E-state index contributed by atoms with van der Waals surface area (Å²) in [5.41, 5.74) is 9.17. The molecule has 0 unspecified atom stereocenters. The van der Waals surface area contributed by atoms with Crippen molar-refractivity contribution in [3.05, 3.63) is 42.2 Å². The molecule has 16 heavy (non-hydrogen) atoms. The maximum atomic E-state index is 9.35. The summed E-state index contributed by atoms with van der Waals surface area (Å²) in [6, 6.07) is 9.19. The molecule has 0 aliphatic carbocycles. The van der Waals surface area contributed by atoms with Crippen LogP contribution in [-0.4, -0.2) is 10.1 Å². The van der Waals surface area contributed by atoms with Crippen LogP contribution in [0.2, 0.25) is 0 Å². The van der Waals surface area contributed by atoms with Crippen molar-refractivity contribution >= 4 is 5.69 Å². The van der Waals surface area contributed by atoms with E-state index in [1.54, 1.807) is 18.3 Å². The number of nitrogen functional groups attached to an aromatic ring is 1. The number of hydrogen-bond acceptors (Lipinski definition) is 3. The van der Waals surface area contributed by atoms with Crippen LogP contribution in [0.5, 0.6) is 5.75 Å². The van der Waals surface area contributed by atoms with Gasteiger partial charge in [0.1, 0.15) is 5.75 Å². The Bertz CT molecular complexity index is 509. The smallest absolute Gasteiger partial charge is 0.138 e. The number of aromatic hydroxyl groups is 1. The highest BCUT2D eigenvalue weighted by Crippen LogP contribution is 2.27. The normalized spacial score (nSPS) is 10.3. The summed E-state index contributed by atoms with van der Waals surface area (Å²) in [6.07, 6.45) is 2.69. The van der Waals surface area contributed by atoms with E-state index in [1.165, 1.54) is 0 Å². The lowest BCUT2D eigenvalue weighted by Gasteiger charge is -2.05. The lowest BCUT2D eigenvalue weighted by molar-refractivity contribution is 0.478. The number of nitrogens with two attached hydrogens (primary N) is 1. The highest BCUT2D eigenvalue weighted by atomic mass is 16.3. The third-order valence-electron chi connectivity index (χ3n) is 2.54. The molecule has 3 nitrogen and oxygen atoms in total. The van der Waals surface area contributed by atoms with Gasteiger partial charge in [0.15, 0.2) is 0 Å². The molecule has 0 fully saturated rings. The molecule has 3 N–H and O–H groups in total. The van der Waals surface area contributed by atoms with Crippen molar-refractivity contribution in [2.45, 2.75) is 13.3 Å². The van der Waals surface area contributed by atoms with Gasteiger partial charge in [0.05, 0.1) is 5.69 Å². The summed E-state index contributed by atoms with van der Waals surface area (Å²) < 4.78 is 0. The Morgan fingerprint density at radius 2 is 1.94 bits per heavy atom. The Labute approximate surface area is 94.6 Å². The standard InChI is InChI=1S/C13H14N2O/c1-2-11-7-10(5-6-15-11)9-3-4-13(16)12(14)8-9/h3-8,16H,2,14H2,1H3. The Morgan fingerprint density at radius 3 is 2.62 bits per heavy atom. The molecule has 0 aliphatic rings. The van der Waals surface area contributed by atoms with Gasteiger partial charge in [0.2, 0.25) is 0 Å². The second-order valence-electron chi connectivity index (χ2n) is 3.66. The number of phenols is 1. The number of nitrogens with zero attached hydrogens (tertiary/aromatic N) is 1. The van der Waals surface area contributed by atoms with E-state index in [-0.39, 0.29) is 5.75 Å². The van der Waals surface area contributed by atoms with Crippen molar-refractivity contribution in [3.63, 3.8) is 0 Å². The van der Waals surface area contributed by atoms with Crippen LogP contribution in [0.1, 0.15) is 12.6 Å². The van der Waals surface area contributed by atoms with Gasteiger partial charge in [-0.1, -0.05) is 13.0 Å². The summed E-state index contributed by atoms with van der Waals surface area (Å²) in [4.78, 5) is 4.24. The first kappa shape index (κ1) is 10.5. The molecule has 0 saturated carbocycles. The van der Waals surface area contributed by atoms with Crippen LogP contribution in [0.3, 0.4) is 0 Å². The minimum absolute atomic E-state index is 0.119. The fourth-order valence-electron chi connectivity index (χ4n) is 1.59. The molecule has 2 rings (SSSR count). The quantitative estimate of drug-likeness (QED) is 0.596. The van der Waals surface area contributed by atoms with Gasteiger partial charge in [0, 0.05) is 11.9 Å². The zero-order valence-corrected chi connectivity index (χ0v) is 9.14. The lowest BCUT2D eigenvalue weighted by Crippen LogP contribution is -1.89. The summed E-state index contributed by atoms with van der Waals surface area (Å²) in [5, 5.41) is 9.35. The van der Waals surface area contributed by atoms with Crippen LogP contribution in [0.4, 0.5) is 5.69 Å². The molecule has 82 valence electrons. The zero-order valence-electron chi connectivity index (χ0n) is 9.14. The van der Waals surface area contributed by atoms with Gasteiger partial charge in [-0.15, -0.1) is 0 Å². The third-order valence-corrected chi connectivity index (χ3v) is 2.54. The second-order valence-corrected chi connectivity index (χ2v) is 3.66. The summed E-state index contributed by atoms with van der Waals surface area (Å²) >= 11 is 0. The Balaban J connectivity index is 2.46. The average Bonchev–Trinajstić information content (AvgIpc) is 2.33. The second kappa shape index (κ2) is 4.23. The number of phenolic OH excluding ortho intramolecular Hbond substituents is 1. The lowest BCUT2D eigenvalue weighted by atomic mass is 10.0. The van der Waals surface area contributed by atoms with Crippen molar-refractivity contribution in [2.75, 3.05) is 5.73 Å². The van der Waals surface area contributed by atoms with Crippen LogP contribution < -0.4 is 5.73 Å². The molecule has 3 heteroatoms. The van der Waals surface area contributed by atoms with Gasteiger partial charge >= 0.3 is 0 Å². The molecule has 0 amide bonds. The molecule has 1 heterocycles. The molecule has 1 aromatic heterocycles. The van der Waals surface area contributed by atoms with E-state index in [1.807, 2.05) is 18.2 Å². The van der Waals surface area contributed by atoms with E-state index in [0.29, 0.717) is 5.69 Å². The van der Waals surface area contributed by atoms with Crippen molar-refractivity contribution < 1.29 is 5.11 Å². The monoisotopic (exact) mass is 214 g/mol. The van der Waals surface area contributed by atoms with E-state index >= 15 is 0 Å². The van der Waals surface area contributed by atoms with E-state index in [4.69, 9.17) is 5.73 Å². The maximum Gasteiger partial charge on any atom is 0.138 e. The largest absolute Gasteiger partial charge is 0.506 e. The van der Waals surface area contributed by atoms with Crippen LogP contribution in [0.25, 0.3) is 11.1 Å². The number of hydrogen-bond donors (Lipinski definition) is 2. The van der Waals surface area contributed by atoms with Gasteiger partial charge < -0.3 is 10.8 Å². The number of pyridine rings is 1. The summed E-state index contributed by atoms with van der Waals surface area (Å²) in [6.45, 7) is 2.07. The Kier molecular flexibility index (Phi) is 2.77. The van der Waals surface area contributed by atoms with E-state index in [2.05, 4.69) is 11.9 Å². The number of aromatic nitrogens is 1. The fraction of sp³-hybridized carbons (Fsp3) is 0.154. The first-order chi connectivity index (χ1) is 7.70. The van der Waals surface area contributed by atoms with Gasteiger partial charge in [-0.25, -0.2) is 0 Å². The number of benzene rings is 1. The summed E-state index contributed by atoms with van der Waals surface area (Å²) in [5.74, 6) is 0.119. The molecule has 0 spiro atoms. The number of anilines is 1. The van der Waals surface area contributed by atoms with Gasteiger partial charge in [-0.05, 0) is 41.8 Å². The fourth-order valence-corrected chi connectivity index (χ4v) is 1.59. The van der Waals surface area contributed by atoms with Gasteiger partial charge in [0.25, 0.3) is 0 Å². The van der Waals surface area contributed by atoms with Gasteiger partial charge in [-0.3, -0.25) is 4.98 Å². The van der Waals surface area contributed by atoms with Crippen LogP contribution >= 0.6 is 0 Å². The molecule has 2 aromatic rings. The van der Waals surface area contributed by atoms with Crippen molar-refractivity contribution in [1.29, 1.82) is 0 Å². The molecule has 0 atom stereocenters. The predicted octanol–water partition coefficient (Wildman–Crippen LogP) is 2.60. The van der Waals surface area contributed by atoms with E-state index < -0.39 is 0 Å². The number of rotatable bonds is 2. The zero-order chi connectivity index (χ0) is 11.5. The molecule has 1 aromatic carbocycles. The predicted molar refractivity (Wildman–Crippen MR) is 65.1 cm³/mol. The first-order valence-electron chi connectivity index (χ1n) is 5.24. The average molecular weight is 214 g/mol. The highest BCUT2D eigenvalue weighted by molar-refractivity contribution is 5.70. The topological polar surface area (TPSA) is 59.1 Å². The number of aryl methyl sites for hydroxylation is 1. The van der Waals surface area contributed by atoms with Crippen molar-refractivity contribution in [3.8, 4) is 16.9 Å². The van der Waals surface area contributed by atoms with Crippen LogP contribution in [0.15, 0.2) is 36.5 Å². The SMILES string of the molecule is CCc1cc(-c2ccc(O)c(N)c2)ccn1. The maximum absolute atomic E-state index is 9.35. The molecule has 0 radical (unpaired) electrons. The highest BCUT2D eigenvalue weighted by Gasteiger charge is 2.02. The Hall–Kier alpha value is -2.03. The van der Waals surface area contributed by atoms with Crippen molar-refractivity contribution in [2.24, 2.45) is 0 Å². The first-order valence-corrected chi connectivity index (χ1v) is 5.24. The molecular formula is C13H14N2O. The minimum Gasteiger partial charge on any atom is -0.506 e. The summed E-state index contributed by atoms with van der Waals surface area (Å²) in [7, 11) is 0. The molecule has 0 saturated heterocycles. The molecular weight excluding hydrogens is 200 g/mol. The Morgan fingerprint density at radius 1 is 1.19 bits per heavy atom. The van der Waals surface area contributed by atoms with E-state index in [0.717, 1.165) is 23.2 Å². The van der Waals surface area contributed by atoms with Crippen LogP contribution in [-0.2, 0) is 6.42 Å². The minimum atomic E-state index is 0.119. The van der Waals surface area contributed by atoms with Gasteiger partial charge in [-0.2, -0.15) is 0 Å². The van der Waals surface area contributed by atoms with Crippen LogP contribution in [0, 0.1) is 0 Å². The van der Waals surface area contributed by atoms with E-state index in [9.17, 15) is 5.11 Å². The van der Waals surface area contributed by atoms with Crippen molar-refractivity contribution in [1.82, 2.24) is 4.98 Å². The molecule has 0 bridgehead atoms. The molecule has 0 aliphatic heterocycles.